The second-order valence-electron chi connectivity index (χ2n) is 6.15. The Kier molecular flexibility index (Phi) is 4.51. The molecule has 0 saturated heterocycles. The van der Waals surface area contributed by atoms with Crippen LogP contribution in [0, 0.1) is 12.8 Å². The molecule has 5 nitrogen and oxygen atoms in total. The van der Waals surface area contributed by atoms with E-state index < -0.39 is 0 Å². The Hall–Kier alpha value is -2.82. The van der Waals surface area contributed by atoms with Crippen LogP contribution in [0.2, 0.25) is 0 Å². The van der Waals surface area contributed by atoms with Crippen molar-refractivity contribution < 1.29 is 14.7 Å². The molecule has 0 aliphatic carbocycles. The summed E-state index contributed by atoms with van der Waals surface area (Å²) in [7, 11) is 0. The molecule has 1 atom stereocenters. The van der Waals surface area contributed by atoms with E-state index in [1.54, 1.807) is 12.1 Å². The van der Waals surface area contributed by atoms with Crippen molar-refractivity contribution in [3.05, 3.63) is 53.6 Å². The van der Waals surface area contributed by atoms with Crippen molar-refractivity contribution in [3.8, 4) is 5.75 Å². The number of phenolic OH excluding ortho intramolecular Hbond substituents is 1. The number of phenols is 1. The van der Waals surface area contributed by atoms with Crippen molar-refractivity contribution >= 4 is 23.2 Å². The summed E-state index contributed by atoms with van der Waals surface area (Å²) in [4.78, 5) is 24.2. The molecule has 0 radical (unpaired) electrons. The van der Waals surface area contributed by atoms with Gasteiger partial charge in [-0.2, -0.15) is 0 Å². The standard InChI is InChI=1S/C19H20N2O3/c1-12-6-8-16(17(22)10-12)20-18(23)9-7-14-11-13-4-2-3-5-15(13)21-19(14)24/h2-6,8,10,14,22H,7,9,11H2,1H3,(H,20,23)(H,21,24). The molecule has 0 fully saturated rings. The topological polar surface area (TPSA) is 78.4 Å². The summed E-state index contributed by atoms with van der Waals surface area (Å²) in [6.07, 6.45) is 1.34. The van der Waals surface area contributed by atoms with E-state index in [1.807, 2.05) is 37.3 Å². The van der Waals surface area contributed by atoms with Crippen LogP contribution < -0.4 is 10.6 Å². The van der Waals surface area contributed by atoms with Gasteiger partial charge in [-0.05, 0) is 49.1 Å². The molecule has 0 aromatic heterocycles. The first-order valence-corrected chi connectivity index (χ1v) is 8.01. The van der Waals surface area contributed by atoms with Gasteiger partial charge in [-0.25, -0.2) is 0 Å². The van der Waals surface area contributed by atoms with E-state index in [2.05, 4.69) is 10.6 Å². The number of hydrogen-bond donors (Lipinski definition) is 3. The molecule has 2 aromatic rings. The third-order valence-electron chi connectivity index (χ3n) is 4.26. The molecular weight excluding hydrogens is 304 g/mol. The minimum absolute atomic E-state index is 0.0420. The summed E-state index contributed by atoms with van der Waals surface area (Å²) in [5.41, 5.74) is 3.26. The molecule has 3 rings (SSSR count). The Balaban J connectivity index is 1.57. The van der Waals surface area contributed by atoms with Crippen molar-refractivity contribution in [2.45, 2.75) is 26.2 Å². The van der Waals surface area contributed by atoms with Crippen molar-refractivity contribution in [3.63, 3.8) is 0 Å². The zero-order valence-electron chi connectivity index (χ0n) is 13.5. The number of carbonyl (C=O) groups excluding carboxylic acids is 2. The van der Waals surface area contributed by atoms with Crippen LogP contribution in [0.1, 0.15) is 24.0 Å². The number of benzene rings is 2. The maximum atomic E-state index is 12.1. The number of aryl methyl sites for hydroxylation is 1. The molecule has 3 N–H and O–H groups in total. The molecule has 1 aliphatic heterocycles. The largest absolute Gasteiger partial charge is 0.506 e. The molecule has 0 saturated carbocycles. The lowest BCUT2D eigenvalue weighted by Gasteiger charge is -2.24. The van der Waals surface area contributed by atoms with E-state index in [0.717, 1.165) is 16.8 Å². The zero-order chi connectivity index (χ0) is 17.1. The van der Waals surface area contributed by atoms with Gasteiger partial charge in [0.1, 0.15) is 5.75 Å². The summed E-state index contributed by atoms with van der Waals surface area (Å²) < 4.78 is 0. The third-order valence-corrected chi connectivity index (χ3v) is 4.26. The lowest BCUT2D eigenvalue weighted by molar-refractivity contribution is -0.121. The number of para-hydroxylation sites is 1. The quantitative estimate of drug-likeness (QED) is 0.756. The second-order valence-corrected chi connectivity index (χ2v) is 6.15. The zero-order valence-corrected chi connectivity index (χ0v) is 13.5. The van der Waals surface area contributed by atoms with E-state index in [4.69, 9.17) is 0 Å². The third kappa shape index (κ3) is 3.56. The number of amides is 2. The molecule has 0 spiro atoms. The van der Waals surface area contributed by atoms with Gasteiger partial charge >= 0.3 is 0 Å². The van der Waals surface area contributed by atoms with Gasteiger partial charge in [-0.15, -0.1) is 0 Å². The molecule has 0 bridgehead atoms. The fraction of sp³-hybridized carbons (Fsp3) is 0.263. The summed E-state index contributed by atoms with van der Waals surface area (Å²) in [6, 6.07) is 12.8. The summed E-state index contributed by atoms with van der Waals surface area (Å²) in [5, 5.41) is 15.4. The first kappa shape index (κ1) is 16.1. The lowest BCUT2D eigenvalue weighted by Crippen LogP contribution is -2.30. The highest BCUT2D eigenvalue weighted by atomic mass is 16.3. The van der Waals surface area contributed by atoms with Gasteiger partial charge in [-0.1, -0.05) is 24.3 Å². The molecule has 124 valence electrons. The van der Waals surface area contributed by atoms with Gasteiger partial charge in [0.2, 0.25) is 11.8 Å². The van der Waals surface area contributed by atoms with E-state index >= 15 is 0 Å². The average Bonchev–Trinajstić information content (AvgIpc) is 2.55. The van der Waals surface area contributed by atoms with Crippen LogP contribution in [-0.2, 0) is 16.0 Å². The van der Waals surface area contributed by atoms with Crippen molar-refractivity contribution in [2.24, 2.45) is 5.92 Å². The fourth-order valence-corrected chi connectivity index (χ4v) is 2.91. The fourth-order valence-electron chi connectivity index (χ4n) is 2.91. The summed E-state index contributed by atoms with van der Waals surface area (Å²) in [5.74, 6) is -0.412. The number of carbonyl (C=O) groups is 2. The highest BCUT2D eigenvalue weighted by Crippen LogP contribution is 2.28. The second kappa shape index (κ2) is 6.74. The SMILES string of the molecule is Cc1ccc(NC(=O)CCC2Cc3ccccc3NC2=O)c(O)c1. The molecule has 5 heteroatoms. The minimum Gasteiger partial charge on any atom is -0.506 e. The van der Waals surface area contributed by atoms with Crippen molar-refractivity contribution in [1.82, 2.24) is 0 Å². The van der Waals surface area contributed by atoms with Crippen LogP contribution >= 0.6 is 0 Å². The monoisotopic (exact) mass is 324 g/mol. The summed E-state index contributed by atoms with van der Waals surface area (Å²) >= 11 is 0. The van der Waals surface area contributed by atoms with E-state index in [9.17, 15) is 14.7 Å². The maximum absolute atomic E-state index is 12.1. The Morgan fingerprint density at radius 3 is 2.88 bits per heavy atom. The van der Waals surface area contributed by atoms with E-state index in [1.165, 1.54) is 0 Å². The predicted octanol–water partition coefficient (Wildman–Crippen LogP) is 3.23. The molecule has 24 heavy (non-hydrogen) atoms. The number of rotatable bonds is 4. The predicted molar refractivity (Wildman–Crippen MR) is 93.0 cm³/mol. The van der Waals surface area contributed by atoms with E-state index in [-0.39, 0.29) is 29.9 Å². The van der Waals surface area contributed by atoms with Crippen LogP contribution in [0.5, 0.6) is 5.75 Å². The molecule has 2 amide bonds. The van der Waals surface area contributed by atoms with Gasteiger partial charge in [0.15, 0.2) is 0 Å². The van der Waals surface area contributed by atoms with E-state index in [0.29, 0.717) is 18.5 Å². The van der Waals surface area contributed by atoms with Gasteiger partial charge in [0.25, 0.3) is 0 Å². The van der Waals surface area contributed by atoms with Gasteiger partial charge in [-0.3, -0.25) is 9.59 Å². The number of hydrogen-bond acceptors (Lipinski definition) is 3. The number of aromatic hydroxyl groups is 1. The Labute approximate surface area is 140 Å². The van der Waals surface area contributed by atoms with Crippen molar-refractivity contribution in [2.75, 3.05) is 10.6 Å². The Morgan fingerprint density at radius 1 is 1.29 bits per heavy atom. The van der Waals surface area contributed by atoms with Crippen LogP contribution in [0.3, 0.4) is 0 Å². The first-order valence-electron chi connectivity index (χ1n) is 8.01. The average molecular weight is 324 g/mol. The normalized spacial score (nSPS) is 16.2. The van der Waals surface area contributed by atoms with Gasteiger partial charge in [0, 0.05) is 18.0 Å². The smallest absolute Gasteiger partial charge is 0.227 e. The Morgan fingerprint density at radius 2 is 2.08 bits per heavy atom. The van der Waals surface area contributed by atoms with Gasteiger partial charge < -0.3 is 15.7 Å². The Bertz CT molecular complexity index is 786. The van der Waals surface area contributed by atoms with Crippen LogP contribution in [-0.4, -0.2) is 16.9 Å². The maximum Gasteiger partial charge on any atom is 0.227 e. The highest BCUT2D eigenvalue weighted by molar-refractivity contribution is 5.97. The number of nitrogens with one attached hydrogen (secondary N) is 2. The summed E-state index contributed by atoms with van der Waals surface area (Å²) in [6.45, 7) is 1.87. The number of anilines is 2. The number of fused-ring (bicyclic) bond motifs is 1. The van der Waals surface area contributed by atoms with Gasteiger partial charge in [0.05, 0.1) is 5.69 Å². The molecule has 1 heterocycles. The van der Waals surface area contributed by atoms with Crippen LogP contribution in [0.25, 0.3) is 0 Å². The minimum atomic E-state index is -0.211. The van der Waals surface area contributed by atoms with Crippen LogP contribution in [0.4, 0.5) is 11.4 Å². The molecule has 1 aliphatic rings. The molecule has 2 aromatic carbocycles. The highest BCUT2D eigenvalue weighted by Gasteiger charge is 2.26. The molecule has 1 unspecified atom stereocenters. The molecular formula is C19H20N2O3. The lowest BCUT2D eigenvalue weighted by atomic mass is 9.89. The first-order chi connectivity index (χ1) is 11.5. The van der Waals surface area contributed by atoms with Crippen molar-refractivity contribution in [1.29, 1.82) is 0 Å². The van der Waals surface area contributed by atoms with Crippen LogP contribution in [0.15, 0.2) is 42.5 Å².